The molecule has 2 rings (SSSR count). The molecule has 0 aliphatic carbocycles. The molecule has 2 heterocycles. The van der Waals surface area contributed by atoms with Crippen molar-refractivity contribution in [2.75, 3.05) is 7.11 Å². The molecule has 0 radical (unpaired) electrons. The smallest absolute Gasteiger partial charge is 0.352 e. The first kappa shape index (κ1) is 11.1. The number of nitrogens with zero attached hydrogens (tertiary/aromatic N) is 3. The first-order chi connectivity index (χ1) is 7.15. The molecular formula is C8H7BrIN3O2. The monoisotopic (exact) mass is 383 g/mol. The Kier molecular flexibility index (Phi) is 3.12. The summed E-state index contributed by atoms with van der Waals surface area (Å²) in [6.07, 6.45) is 1.68. The van der Waals surface area contributed by atoms with Gasteiger partial charge in [0.2, 0.25) is 0 Å². The van der Waals surface area contributed by atoms with E-state index in [2.05, 4.69) is 43.6 Å². The molecule has 0 saturated carbocycles. The second kappa shape index (κ2) is 4.22. The summed E-state index contributed by atoms with van der Waals surface area (Å²) in [4.78, 5) is 11.7. The highest BCUT2D eigenvalue weighted by Gasteiger charge is 2.10. The van der Waals surface area contributed by atoms with Crippen molar-refractivity contribution < 1.29 is 4.74 Å². The van der Waals surface area contributed by atoms with Gasteiger partial charge in [0.25, 0.3) is 0 Å². The summed E-state index contributed by atoms with van der Waals surface area (Å²) < 4.78 is 9.48. The molecule has 0 fully saturated rings. The van der Waals surface area contributed by atoms with E-state index in [1.165, 1.54) is 16.2 Å². The van der Waals surface area contributed by atoms with E-state index in [0.717, 1.165) is 8.04 Å². The van der Waals surface area contributed by atoms with Gasteiger partial charge in [-0.25, -0.2) is 9.20 Å². The minimum absolute atomic E-state index is 0.161. The van der Waals surface area contributed by atoms with Gasteiger partial charge in [0, 0.05) is 17.8 Å². The van der Waals surface area contributed by atoms with Gasteiger partial charge >= 0.3 is 5.69 Å². The Morgan fingerprint density at radius 3 is 3.07 bits per heavy atom. The number of pyridine rings is 1. The van der Waals surface area contributed by atoms with E-state index in [1.807, 2.05) is 6.07 Å². The van der Waals surface area contributed by atoms with Gasteiger partial charge in [0.15, 0.2) is 5.65 Å². The summed E-state index contributed by atoms with van der Waals surface area (Å²) >= 11 is 5.52. The zero-order valence-corrected chi connectivity index (χ0v) is 11.5. The van der Waals surface area contributed by atoms with Gasteiger partial charge in [-0.1, -0.05) is 0 Å². The van der Waals surface area contributed by atoms with Crippen LogP contribution < -0.4 is 5.69 Å². The van der Waals surface area contributed by atoms with Crippen LogP contribution in [0.25, 0.3) is 5.65 Å². The fourth-order valence-electron chi connectivity index (χ4n) is 1.23. The van der Waals surface area contributed by atoms with Crippen LogP contribution in [0.3, 0.4) is 0 Å². The van der Waals surface area contributed by atoms with E-state index in [9.17, 15) is 4.79 Å². The summed E-state index contributed by atoms with van der Waals surface area (Å²) in [6.45, 7) is 0.161. The van der Waals surface area contributed by atoms with E-state index in [1.54, 1.807) is 6.20 Å². The first-order valence-corrected chi connectivity index (χ1v) is 5.94. The summed E-state index contributed by atoms with van der Waals surface area (Å²) in [5, 5.41) is 4.17. The number of halogens is 2. The van der Waals surface area contributed by atoms with E-state index < -0.39 is 0 Å². The minimum Gasteiger partial charge on any atom is -0.362 e. The third-order valence-electron chi connectivity index (χ3n) is 1.90. The predicted octanol–water partition coefficient (Wildman–Crippen LogP) is 1.47. The number of fused-ring (bicyclic) bond motifs is 1. The lowest BCUT2D eigenvalue weighted by Crippen LogP contribution is -2.21. The fraction of sp³-hybridized carbons (Fsp3) is 0.250. The molecule has 0 saturated heterocycles. The van der Waals surface area contributed by atoms with E-state index in [-0.39, 0.29) is 12.4 Å². The molecule has 7 heteroatoms. The second-order valence-electron chi connectivity index (χ2n) is 2.87. The molecule has 80 valence electrons. The normalized spacial score (nSPS) is 11.1. The van der Waals surface area contributed by atoms with Gasteiger partial charge in [0.1, 0.15) is 6.73 Å². The topological polar surface area (TPSA) is 48.5 Å². The van der Waals surface area contributed by atoms with Gasteiger partial charge in [-0.05, 0) is 44.6 Å². The van der Waals surface area contributed by atoms with Crippen molar-refractivity contribution in [2.45, 2.75) is 6.73 Å². The maximum atomic E-state index is 11.7. The standard InChI is InChI=1S/C8H7BrIN3O2/c1-15-4-13-8(14)12-3-2-5(9)6(10)7(12)11-13/h2-3H,4H2,1H3. The van der Waals surface area contributed by atoms with Gasteiger partial charge in [-0.15, -0.1) is 5.10 Å². The number of hydrogen-bond donors (Lipinski definition) is 0. The molecule has 15 heavy (non-hydrogen) atoms. The highest BCUT2D eigenvalue weighted by Crippen LogP contribution is 2.21. The number of ether oxygens (including phenoxy) is 1. The number of methoxy groups -OCH3 is 1. The zero-order valence-electron chi connectivity index (χ0n) is 7.78. The van der Waals surface area contributed by atoms with Crippen LogP contribution in [0.15, 0.2) is 21.5 Å². The molecule has 0 bridgehead atoms. The Morgan fingerprint density at radius 2 is 2.40 bits per heavy atom. The van der Waals surface area contributed by atoms with Crippen molar-refractivity contribution in [3.05, 3.63) is 30.8 Å². The van der Waals surface area contributed by atoms with Crippen molar-refractivity contribution in [3.8, 4) is 0 Å². The largest absolute Gasteiger partial charge is 0.362 e. The van der Waals surface area contributed by atoms with Crippen LogP contribution in [0.2, 0.25) is 0 Å². The third kappa shape index (κ3) is 1.83. The molecule has 0 aliphatic rings. The summed E-state index contributed by atoms with van der Waals surface area (Å²) in [7, 11) is 1.53. The number of rotatable bonds is 2. The van der Waals surface area contributed by atoms with E-state index in [0.29, 0.717) is 5.65 Å². The van der Waals surface area contributed by atoms with Crippen LogP contribution in [0.1, 0.15) is 0 Å². The average Bonchev–Trinajstić information content (AvgIpc) is 2.52. The van der Waals surface area contributed by atoms with Crippen LogP contribution in [-0.2, 0) is 11.5 Å². The fourth-order valence-corrected chi connectivity index (χ4v) is 2.07. The van der Waals surface area contributed by atoms with Gasteiger partial charge < -0.3 is 4.74 Å². The lowest BCUT2D eigenvalue weighted by Gasteiger charge is -1.95. The Labute approximate surface area is 107 Å². The van der Waals surface area contributed by atoms with Crippen molar-refractivity contribution >= 4 is 44.2 Å². The molecular weight excluding hydrogens is 377 g/mol. The van der Waals surface area contributed by atoms with Gasteiger partial charge in [-0.2, -0.15) is 4.68 Å². The Bertz CT molecular complexity index is 563. The Hall–Kier alpha value is -0.410. The summed E-state index contributed by atoms with van der Waals surface area (Å²) in [6, 6.07) is 1.81. The van der Waals surface area contributed by atoms with Crippen LogP contribution in [0.4, 0.5) is 0 Å². The quantitative estimate of drug-likeness (QED) is 0.738. The van der Waals surface area contributed by atoms with Crippen LogP contribution in [0.5, 0.6) is 0 Å². The Balaban J connectivity index is 2.76. The molecule has 2 aromatic rings. The Morgan fingerprint density at radius 1 is 1.67 bits per heavy atom. The lowest BCUT2D eigenvalue weighted by molar-refractivity contribution is 0.117. The SMILES string of the molecule is COCn1nc2c(I)c(Br)ccn2c1=O. The summed E-state index contributed by atoms with van der Waals surface area (Å²) in [5.41, 5.74) is 0.435. The number of aromatic nitrogens is 3. The highest BCUT2D eigenvalue weighted by molar-refractivity contribution is 14.1. The second-order valence-corrected chi connectivity index (χ2v) is 4.80. The third-order valence-corrected chi connectivity index (χ3v) is 4.36. The van der Waals surface area contributed by atoms with Crippen molar-refractivity contribution in [1.82, 2.24) is 14.2 Å². The highest BCUT2D eigenvalue weighted by atomic mass is 127. The van der Waals surface area contributed by atoms with Crippen LogP contribution in [0, 0.1) is 3.57 Å². The molecule has 2 aromatic heterocycles. The predicted molar refractivity (Wildman–Crippen MR) is 66.9 cm³/mol. The van der Waals surface area contributed by atoms with E-state index in [4.69, 9.17) is 4.74 Å². The molecule has 5 nitrogen and oxygen atoms in total. The molecule has 0 aromatic carbocycles. The van der Waals surface area contributed by atoms with Crippen molar-refractivity contribution in [2.24, 2.45) is 0 Å². The number of hydrogen-bond acceptors (Lipinski definition) is 3. The van der Waals surface area contributed by atoms with Crippen molar-refractivity contribution in [3.63, 3.8) is 0 Å². The summed E-state index contributed by atoms with van der Waals surface area (Å²) in [5.74, 6) is 0. The zero-order chi connectivity index (χ0) is 11.0. The maximum absolute atomic E-state index is 11.7. The van der Waals surface area contributed by atoms with Crippen LogP contribution >= 0.6 is 38.5 Å². The molecule has 0 aliphatic heterocycles. The molecule has 0 unspecified atom stereocenters. The van der Waals surface area contributed by atoms with Crippen LogP contribution in [-0.4, -0.2) is 21.3 Å². The van der Waals surface area contributed by atoms with Gasteiger partial charge in [-0.3, -0.25) is 0 Å². The first-order valence-electron chi connectivity index (χ1n) is 4.07. The lowest BCUT2D eigenvalue weighted by atomic mass is 10.5. The van der Waals surface area contributed by atoms with Gasteiger partial charge in [0.05, 0.1) is 3.57 Å². The van der Waals surface area contributed by atoms with Crippen molar-refractivity contribution in [1.29, 1.82) is 0 Å². The molecule has 0 N–H and O–H groups in total. The molecule has 0 atom stereocenters. The molecule has 0 spiro atoms. The average molecular weight is 384 g/mol. The molecule has 0 amide bonds. The maximum Gasteiger partial charge on any atom is 0.352 e. The van der Waals surface area contributed by atoms with E-state index >= 15 is 0 Å². The minimum atomic E-state index is -0.197.